The van der Waals surface area contributed by atoms with Gasteiger partial charge in [-0.05, 0) is 49.7 Å². The molecule has 31 heavy (non-hydrogen) atoms. The highest BCUT2D eigenvalue weighted by Gasteiger charge is 2.45. The van der Waals surface area contributed by atoms with Crippen molar-refractivity contribution in [2.45, 2.75) is 19.9 Å². The van der Waals surface area contributed by atoms with Crippen LogP contribution in [-0.2, 0) is 0 Å². The lowest BCUT2D eigenvalue weighted by molar-refractivity contribution is 0.0971. The first-order valence-corrected chi connectivity index (χ1v) is 10.4. The molecule has 2 aromatic carbocycles. The molecule has 0 spiro atoms. The van der Waals surface area contributed by atoms with Crippen molar-refractivity contribution >= 4 is 33.3 Å². The largest absolute Gasteiger partial charge is 0.497 e. The second-order valence-electron chi connectivity index (χ2n) is 7.30. The van der Waals surface area contributed by atoms with Crippen molar-refractivity contribution in [3.8, 4) is 5.75 Å². The molecule has 156 valence electrons. The number of carbonyl (C=O) groups excluding carboxylic acids is 1. The van der Waals surface area contributed by atoms with Crippen LogP contribution < -0.4 is 15.1 Å². The Morgan fingerprint density at radius 2 is 1.87 bits per heavy atom. The molecule has 0 bridgehead atoms. The van der Waals surface area contributed by atoms with Gasteiger partial charge in [0.05, 0.1) is 29.8 Å². The van der Waals surface area contributed by atoms with Crippen molar-refractivity contribution in [1.29, 1.82) is 0 Å². The third-order valence-electron chi connectivity index (χ3n) is 5.49. The maximum Gasteiger partial charge on any atom is 0.297 e. The standard InChI is InChI=1S/C23H17FN2O4S/c1-11-12(2)31-23(25-11)26-19(13-4-7-15(29-3)8-5-13)18-20(27)16-10-14(24)6-9-17(16)30-21(18)22(26)28/h4-10,19H,1-3H3. The monoisotopic (exact) mass is 436 g/mol. The molecule has 0 N–H and O–H groups in total. The first-order valence-electron chi connectivity index (χ1n) is 9.57. The van der Waals surface area contributed by atoms with Gasteiger partial charge in [0, 0.05) is 4.88 Å². The predicted molar refractivity (Wildman–Crippen MR) is 116 cm³/mol. The molecule has 0 saturated heterocycles. The van der Waals surface area contributed by atoms with E-state index in [-0.39, 0.29) is 22.3 Å². The summed E-state index contributed by atoms with van der Waals surface area (Å²) >= 11 is 1.37. The van der Waals surface area contributed by atoms with Gasteiger partial charge >= 0.3 is 0 Å². The summed E-state index contributed by atoms with van der Waals surface area (Å²) in [5.41, 5.74) is 1.42. The Kier molecular flexibility index (Phi) is 4.40. The number of thiazole rings is 1. The van der Waals surface area contributed by atoms with E-state index < -0.39 is 23.2 Å². The fourth-order valence-corrected chi connectivity index (χ4v) is 4.74. The zero-order chi connectivity index (χ0) is 21.9. The average molecular weight is 436 g/mol. The van der Waals surface area contributed by atoms with Gasteiger partial charge in [0.15, 0.2) is 10.6 Å². The summed E-state index contributed by atoms with van der Waals surface area (Å²) in [6, 6.07) is 10.1. The molecule has 1 atom stereocenters. The van der Waals surface area contributed by atoms with Crippen LogP contribution in [0.4, 0.5) is 9.52 Å². The van der Waals surface area contributed by atoms with Gasteiger partial charge in [-0.2, -0.15) is 0 Å². The maximum absolute atomic E-state index is 13.9. The van der Waals surface area contributed by atoms with Crippen LogP contribution in [0.25, 0.3) is 11.0 Å². The van der Waals surface area contributed by atoms with Crippen LogP contribution in [0.2, 0.25) is 0 Å². The number of rotatable bonds is 3. The Balaban J connectivity index is 1.80. The number of ether oxygens (including phenoxy) is 1. The highest BCUT2D eigenvalue weighted by atomic mass is 32.1. The van der Waals surface area contributed by atoms with Crippen molar-refractivity contribution in [2.75, 3.05) is 12.0 Å². The normalized spacial score (nSPS) is 15.5. The Morgan fingerprint density at radius 3 is 2.52 bits per heavy atom. The fraction of sp³-hybridized carbons (Fsp3) is 0.174. The van der Waals surface area contributed by atoms with Gasteiger partial charge in [-0.3, -0.25) is 14.5 Å². The molecule has 0 saturated carbocycles. The SMILES string of the molecule is COc1ccc(C2c3c(oc4ccc(F)cc4c3=O)C(=O)N2c2nc(C)c(C)s2)cc1. The van der Waals surface area contributed by atoms with E-state index >= 15 is 0 Å². The number of anilines is 1. The second-order valence-corrected chi connectivity index (χ2v) is 8.48. The quantitative estimate of drug-likeness (QED) is 0.463. The van der Waals surface area contributed by atoms with Gasteiger partial charge in [0.2, 0.25) is 5.76 Å². The number of aromatic nitrogens is 1. The smallest absolute Gasteiger partial charge is 0.297 e. The summed E-state index contributed by atoms with van der Waals surface area (Å²) in [5, 5.41) is 0.570. The summed E-state index contributed by atoms with van der Waals surface area (Å²) in [5.74, 6) is -0.398. The Hall–Kier alpha value is -3.52. The molecule has 1 unspecified atom stereocenters. The highest BCUT2D eigenvalue weighted by molar-refractivity contribution is 7.15. The number of hydrogen-bond donors (Lipinski definition) is 0. The van der Waals surface area contributed by atoms with Crippen LogP contribution in [0.5, 0.6) is 5.75 Å². The van der Waals surface area contributed by atoms with Crippen molar-refractivity contribution in [2.24, 2.45) is 0 Å². The molecule has 4 aromatic rings. The summed E-state index contributed by atoms with van der Waals surface area (Å²) in [4.78, 5) is 33.9. The van der Waals surface area contributed by atoms with E-state index in [0.717, 1.165) is 16.6 Å². The van der Waals surface area contributed by atoms with Crippen LogP contribution in [0.15, 0.2) is 51.7 Å². The van der Waals surface area contributed by atoms with Crippen LogP contribution in [0.1, 0.15) is 38.3 Å². The minimum absolute atomic E-state index is 0.0459. The van der Waals surface area contributed by atoms with Crippen molar-refractivity contribution in [3.63, 3.8) is 0 Å². The minimum atomic E-state index is -0.748. The number of aryl methyl sites for hydroxylation is 2. The number of amides is 1. The van der Waals surface area contributed by atoms with Crippen molar-refractivity contribution in [1.82, 2.24) is 4.98 Å². The highest BCUT2D eigenvalue weighted by Crippen LogP contribution is 2.43. The van der Waals surface area contributed by atoms with Crippen molar-refractivity contribution in [3.05, 3.63) is 86.0 Å². The zero-order valence-electron chi connectivity index (χ0n) is 16.9. The van der Waals surface area contributed by atoms with E-state index in [1.165, 1.54) is 28.4 Å². The minimum Gasteiger partial charge on any atom is -0.497 e. The van der Waals surface area contributed by atoms with Gasteiger partial charge in [0.1, 0.15) is 17.1 Å². The molecule has 0 radical (unpaired) electrons. The van der Waals surface area contributed by atoms with E-state index in [4.69, 9.17) is 9.15 Å². The molecule has 6 nitrogen and oxygen atoms in total. The summed E-state index contributed by atoms with van der Waals surface area (Å²) in [6.45, 7) is 3.79. The van der Waals surface area contributed by atoms with Gasteiger partial charge < -0.3 is 9.15 Å². The third kappa shape index (κ3) is 2.94. The molecule has 8 heteroatoms. The van der Waals surface area contributed by atoms with Gasteiger partial charge in [-0.1, -0.05) is 12.1 Å². The molecule has 1 aliphatic rings. The lowest BCUT2D eigenvalue weighted by Crippen LogP contribution is -2.29. The van der Waals surface area contributed by atoms with Crippen LogP contribution in [0.3, 0.4) is 0 Å². The first kappa shape index (κ1) is 19.4. The summed E-state index contributed by atoms with van der Waals surface area (Å²) in [7, 11) is 1.56. The first-order chi connectivity index (χ1) is 14.9. The Bertz CT molecular complexity index is 1390. The predicted octanol–water partition coefficient (Wildman–Crippen LogP) is 4.76. The Morgan fingerprint density at radius 1 is 1.13 bits per heavy atom. The summed E-state index contributed by atoms with van der Waals surface area (Å²) < 4.78 is 24.9. The maximum atomic E-state index is 13.9. The van der Waals surface area contributed by atoms with E-state index in [1.54, 1.807) is 31.4 Å². The second kappa shape index (κ2) is 7.02. The van der Waals surface area contributed by atoms with Gasteiger partial charge in [-0.15, -0.1) is 11.3 Å². The van der Waals surface area contributed by atoms with Gasteiger partial charge in [0.25, 0.3) is 5.91 Å². The zero-order valence-corrected chi connectivity index (χ0v) is 17.7. The van der Waals surface area contributed by atoms with E-state index in [2.05, 4.69) is 4.98 Å². The van der Waals surface area contributed by atoms with Crippen LogP contribution in [-0.4, -0.2) is 18.0 Å². The molecule has 1 aliphatic heterocycles. The number of benzene rings is 2. The molecule has 5 rings (SSSR count). The number of halogens is 1. The van der Waals surface area contributed by atoms with Gasteiger partial charge in [-0.25, -0.2) is 9.37 Å². The number of hydrogen-bond acceptors (Lipinski definition) is 6. The Labute approximate surface area is 180 Å². The molecule has 2 aromatic heterocycles. The van der Waals surface area contributed by atoms with E-state index in [1.807, 2.05) is 13.8 Å². The number of nitrogens with zero attached hydrogens (tertiary/aromatic N) is 2. The topological polar surface area (TPSA) is 72.6 Å². The lowest BCUT2D eigenvalue weighted by Gasteiger charge is -2.22. The fourth-order valence-electron chi connectivity index (χ4n) is 3.80. The molecule has 0 fully saturated rings. The number of fused-ring (bicyclic) bond motifs is 2. The van der Waals surface area contributed by atoms with Crippen molar-refractivity contribution < 1.29 is 18.3 Å². The molecular weight excluding hydrogens is 419 g/mol. The lowest BCUT2D eigenvalue weighted by atomic mass is 9.98. The molecule has 3 heterocycles. The molecular formula is C23H17FN2O4S. The number of methoxy groups -OCH3 is 1. The molecule has 1 amide bonds. The summed E-state index contributed by atoms with van der Waals surface area (Å²) in [6.07, 6.45) is 0. The molecule has 0 aliphatic carbocycles. The van der Waals surface area contributed by atoms with Crippen LogP contribution >= 0.6 is 11.3 Å². The van der Waals surface area contributed by atoms with E-state index in [0.29, 0.717) is 16.4 Å². The number of carbonyl (C=O) groups is 1. The van der Waals surface area contributed by atoms with Crippen LogP contribution in [0, 0.1) is 19.7 Å². The third-order valence-corrected chi connectivity index (χ3v) is 6.56. The van der Waals surface area contributed by atoms with E-state index in [9.17, 15) is 14.0 Å². The average Bonchev–Trinajstić information content (AvgIpc) is 3.25.